The Labute approximate surface area is 83.3 Å². The molecule has 0 atom stereocenters. The molecule has 0 aromatic carbocycles. The van der Waals surface area contributed by atoms with E-state index in [1.165, 1.54) is 0 Å². The van der Waals surface area contributed by atoms with Crippen molar-refractivity contribution >= 4 is 26.9 Å². The van der Waals surface area contributed by atoms with Crippen LogP contribution in [0, 0.1) is 5.41 Å². The zero-order valence-corrected chi connectivity index (χ0v) is 11.6. The molecule has 0 aromatic heterocycles. The number of hydrogen-bond acceptors (Lipinski definition) is 2. The van der Waals surface area contributed by atoms with Crippen LogP contribution in [0.5, 0.6) is 0 Å². The largest absolute Gasteiger partial charge is 0.314 e. The molecule has 0 unspecified atom stereocenters. The second kappa shape index (κ2) is 3.88. The summed E-state index contributed by atoms with van der Waals surface area (Å²) in [6, 6.07) is 0. The molecule has 0 radical (unpaired) electrons. The predicted octanol–water partition coefficient (Wildman–Crippen LogP) is 2.72. The summed E-state index contributed by atoms with van der Waals surface area (Å²) < 4.78 is 0. The van der Waals surface area contributed by atoms with Gasteiger partial charge in [0.05, 0.1) is 8.07 Å². The van der Waals surface area contributed by atoms with Crippen molar-refractivity contribution in [2.45, 2.75) is 45.7 Å². The molecule has 4 heteroatoms. The van der Waals surface area contributed by atoms with Crippen molar-refractivity contribution < 1.29 is 4.79 Å². The van der Waals surface area contributed by atoms with Crippen LogP contribution in [0.3, 0.4) is 0 Å². The molecule has 1 N–H and O–H groups in total. The maximum Gasteiger partial charge on any atom is 0.124 e. The van der Waals surface area contributed by atoms with E-state index in [0.717, 1.165) is 0 Å². The molecule has 0 spiro atoms. The number of nitrogens with one attached hydrogen (secondary N) is 1. The van der Waals surface area contributed by atoms with Crippen molar-refractivity contribution in [3.63, 3.8) is 0 Å². The van der Waals surface area contributed by atoms with E-state index in [1.807, 2.05) is 19.6 Å². The molecular weight excluding hydrogens is 194 g/mol. The highest BCUT2D eigenvalue weighted by Gasteiger charge is 2.29. The van der Waals surface area contributed by atoms with Gasteiger partial charge in [0.15, 0.2) is 0 Å². The van der Waals surface area contributed by atoms with E-state index in [1.54, 1.807) is 0 Å². The van der Waals surface area contributed by atoms with Crippen molar-refractivity contribution in [3.05, 3.63) is 0 Å². The third kappa shape index (κ3) is 4.52. The monoisotopic (exact) mass is 215 g/mol. The summed E-state index contributed by atoms with van der Waals surface area (Å²) in [6.45, 7) is 12.5. The van der Waals surface area contributed by atoms with Gasteiger partial charge in [-0.25, -0.2) is 0 Å². The fourth-order valence-electron chi connectivity index (χ4n) is 0.691. The second-order valence-electron chi connectivity index (χ2n) is 5.58. The molecule has 0 rings (SSSR count). The summed E-state index contributed by atoms with van der Waals surface area (Å²) in [7, 11) is -3.18. The Kier molecular flexibility index (Phi) is 3.81. The third-order valence-corrected chi connectivity index (χ3v) is 5.92. The zero-order chi connectivity index (χ0) is 10.9. The van der Waals surface area contributed by atoms with Gasteiger partial charge in [-0.05, 0) is 0 Å². The number of carbonyl (C=O) groups is 1. The SMILES string of the molecule is C[Si](C)(C)C(=N)CC(=O)[Si](C)(C)C. The lowest BCUT2D eigenvalue weighted by molar-refractivity contribution is -0.111. The van der Waals surface area contributed by atoms with E-state index < -0.39 is 16.1 Å². The van der Waals surface area contributed by atoms with Crippen LogP contribution in [0.2, 0.25) is 39.3 Å². The highest BCUT2D eigenvalue weighted by Crippen LogP contribution is 2.11. The summed E-state index contributed by atoms with van der Waals surface area (Å²) in [4.78, 5) is 11.7. The molecule has 0 saturated heterocycles. The normalized spacial score (nSPS) is 12.8. The average Bonchev–Trinajstić information content (AvgIpc) is 1.82. The van der Waals surface area contributed by atoms with E-state index >= 15 is 0 Å². The van der Waals surface area contributed by atoms with E-state index in [-0.39, 0.29) is 0 Å². The Balaban J connectivity index is 4.34. The molecule has 0 amide bonds. The number of rotatable bonds is 4. The van der Waals surface area contributed by atoms with Crippen molar-refractivity contribution in [1.29, 1.82) is 5.41 Å². The lowest BCUT2D eigenvalue weighted by Gasteiger charge is -2.20. The van der Waals surface area contributed by atoms with E-state index in [4.69, 9.17) is 5.41 Å². The first kappa shape index (κ1) is 12.8. The second-order valence-corrected chi connectivity index (χ2v) is 15.7. The fourth-order valence-corrected chi connectivity index (χ4v) is 2.27. The van der Waals surface area contributed by atoms with Crippen molar-refractivity contribution in [2.24, 2.45) is 0 Å². The van der Waals surface area contributed by atoms with Crippen LogP contribution in [0.25, 0.3) is 0 Å². The summed E-state index contributed by atoms with van der Waals surface area (Å²) in [5.41, 5.74) is 0. The highest BCUT2D eigenvalue weighted by atomic mass is 28.3. The van der Waals surface area contributed by atoms with Crippen LogP contribution in [0.15, 0.2) is 0 Å². The van der Waals surface area contributed by atoms with Crippen molar-refractivity contribution in [1.82, 2.24) is 0 Å². The molecule has 0 aromatic rings. The summed E-state index contributed by atoms with van der Waals surface area (Å²) in [5, 5.41) is 8.83. The van der Waals surface area contributed by atoms with Gasteiger partial charge in [-0.15, -0.1) is 0 Å². The van der Waals surface area contributed by atoms with Crippen molar-refractivity contribution in [3.8, 4) is 0 Å². The Morgan fingerprint density at radius 2 is 1.38 bits per heavy atom. The van der Waals surface area contributed by atoms with Crippen LogP contribution >= 0.6 is 0 Å². The lowest BCUT2D eigenvalue weighted by Crippen LogP contribution is -2.41. The molecular formula is C9H21NOSi2. The first-order valence-corrected chi connectivity index (χ1v) is 11.7. The Morgan fingerprint density at radius 1 is 1.00 bits per heavy atom. The smallest absolute Gasteiger partial charge is 0.124 e. The quantitative estimate of drug-likeness (QED) is 0.568. The van der Waals surface area contributed by atoms with Gasteiger partial charge >= 0.3 is 0 Å². The summed E-state index contributed by atoms with van der Waals surface area (Å²) >= 11 is 0. The van der Waals surface area contributed by atoms with Crippen LogP contribution in [0.4, 0.5) is 0 Å². The maximum atomic E-state index is 11.7. The summed E-state index contributed by atoms with van der Waals surface area (Å²) in [6.07, 6.45) is 0.408. The average molecular weight is 215 g/mol. The molecule has 0 aliphatic rings. The van der Waals surface area contributed by atoms with E-state index in [2.05, 4.69) is 19.6 Å². The van der Waals surface area contributed by atoms with E-state index in [9.17, 15) is 4.79 Å². The molecule has 0 aliphatic carbocycles. The molecule has 13 heavy (non-hydrogen) atoms. The molecule has 0 aliphatic heterocycles. The molecule has 0 bridgehead atoms. The minimum absolute atomic E-state index is 0.319. The first-order valence-electron chi connectivity index (χ1n) is 4.66. The standard InChI is InChI=1S/C9H21NOSi2/c1-12(2,3)8(10)7-9(11)13(4,5)6/h10H,7H2,1-6H3. The van der Waals surface area contributed by atoms with Gasteiger partial charge in [-0.1, -0.05) is 39.3 Å². The van der Waals surface area contributed by atoms with Crippen LogP contribution in [-0.4, -0.2) is 26.9 Å². The number of hydrogen-bond donors (Lipinski definition) is 1. The van der Waals surface area contributed by atoms with Gasteiger partial charge in [0.2, 0.25) is 0 Å². The van der Waals surface area contributed by atoms with Crippen molar-refractivity contribution in [2.75, 3.05) is 0 Å². The Bertz CT molecular complexity index is 199. The Hall–Kier alpha value is -0.226. The lowest BCUT2D eigenvalue weighted by atomic mass is 10.5. The molecule has 0 saturated carbocycles. The minimum atomic E-state index is -1.66. The van der Waals surface area contributed by atoms with Gasteiger partial charge in [0, 0.05) is 11.8 Å². The molecule has 0 heterocycles. The highest BCUT2D eigenvalue weighted by molar-refractivity contribution is 7.09. The maximum absolute atomic E-state index is 11.7. The van der Waals surface area contributed by atoms with Crippen LogP contribution in [-0.2, 0) is 4.79 Å². The predicted molar refractivity (Wildman–Crippen MR) is 64.0 cm³/mol. The fraction of sp³-hybridized carbons (Fsp3) is 0.778. The van der Waals surface area contributed by atoms with Crippen LogP contribution < -0.4 is 0 Å². The van der Waals surface area contributed by atoms with Gasteiger partial charge < -0.3 is 10.2 Å². The first-order chi connectivity index (χ1) is 5.55. The third-order valence-electron chi connectivity index (χ3n) is 2.08. The minimum Gasteiger partial charge on any atom is -0.314 e. The van der Waals surface area contributed by atoms with Gasteiger partial charge in [-0.2, -0.15) is 0 Å². The molecule has 0 fully saturated rings. The van der Waals surface area contributed by atoms with E-state index in [0.29, 0.717) is 17.2 Å². The van der Waals surface area contributed by atoms with Gasteiger partial charge in [-0.3, -0.25) is 0 Å². The van der Waals surface area contributed by atoms with Crippen LogP contribution in [0.1, 0.15) is 6.42 Å². The Morgan fingerprint density at radius 3 is 1.62 bits per heavy atom. The molecule has 76 valence electrons. The summed E-state index contributed by atoms with van der Waals surface area (Å²) in [5.74, 6) is 0. The van der Waals surface area contributed by atoms with Gasteiger partial charge in [0.1, 0.15) is 13.5 Å². The zero-order valence-electron chi connectivity index (χ0n) is 9.62. The topological polar surface area (TPSA) is 40.9 Å². The molecule has 2 nitrogen and oxygen atoms in total. The number of carbonyl (C=O) groups excluding carboxylic acids is 1. The van der Waals surface area contributed by atoms with Gasteiger partial charge in [0.25, 0.3) is 0 Å².